The Kier molecular flexibility index (Phi) is 13.7. The predicted molar refractivity (Wildman–Crippen MR) is 212 cm³/mol. The maximum atomic E-state index is 5.13. The first-order chi connectivity index (χ1) is 22.6. The van der Waals surface area contributed by atoms with Crippen LogP contribution in [-0.2, 0) is 18.9 Å². The summed E-state index contributed by atoms with van der Waals surface area (Å²) < 4.78 is 3.37. The number of rotatable bonds is 4. The van der Waals surface area contributed by atoms with Crippen LogP contribution in [-0.4, -0.2) is 4.21 Å². The zero-order valence-electron chi connectivity index (χ0n) is 27.3. The zero-order valence-corrected chi connectivity index (χ0v) is 31.3. The van der Waals surface area contributed by atoms with Crippen LogP contribution in [0.5, 0.6) is 0 Å². The summed E-state index contributed by atoms with van der Waals surface area (Å²) in [4.78, 5) is 0. The van der Waals surface area contributed by atoms with Gasteiger partial charge in [-0.15, -0.1) is 69.1 Å². The minimum absolute atomic E-state index is 0. The SMILES string of the molecule is [CH2]=[Zr]([Cl])[Cl].[CH3-].[CH3-].c1ccc(-c2cc3c(-c4ccccc4)cccc3[cH-]2)cc1.c1ccc(-c2cc3c(-c4ccccc4)cccc3[cH-]2)cc1. The van der Waals surface area contributed by atoms with Gasteiger partial charge in [-0.1, -0.05) is 168 Å². The third-order valence-corrected chi connectivity index (χ3v) is 7.89. The molecule has 0 bridgehead atoms. The molecule has 0 aliphatic rings. The Bertz CT molecular complexity index is 2000. The van der Waals surface area contributed by atoms with Gasteiger partial charge in [0, 0.05) is 0 Å². The van der Waals surface area contributed by atoms with E-state index in [1.165, 1.54) is 66.1 Å². The molecule has 0 fully saturated rings. The van der Waals surface area contributed by atoms with Gasteiger partial charge < -0.3 is 14.9 Å². The average molecular weight is 741 g/mol. The topological polar surface area (TPSA) is 0 Å². The number of fused-ring (bicyclic) bond motifs is 2. The quantitative estimate of drug-likeness (QED) is 0.158. The summed E-state index contributed by atoms with van der Waals surface area (Å²) in [7, 11) is 10.3. The summed E-state index contributed by atoms with van der Waals surface area (Å²) in [6, 6.07) is 64.5. The van der Waals surface area contributed by atoms with Crippen LogP contribution in [0.2, 0.25) is 0 Å². The molecule has 0 N–H and O–H groups in total. The van der Waals surface area contributed by atoms with Crippen molar-refractivity contribution in [1.29, 1.82) is 0 Å². The molecule has 0 atom stereocenters. The molecule has 0 amide bonds. The van der Waals surface area contributed by atoms with Crippen molar-refractivity contribution < 1.29 is 18.9 Å². The van der Waals surface area contributed by atoms with Gasteiger partial charge in [0.25, 0.3) is 0 Å². The molecule has 48 heavy (non-hydrogen) atoms. The first kappa shape index (κ1) is 36.7. The molecule has 0 saturated carbocycles. The monoisotopic (exact) mass is 738 g/mol. The van der Waals surface area contributed by atoms with E-state index < -0.39 is 18.9 Å². The van der Waals surface area contributed by atoms with E-state index in [9.17, 15) is 0 Å². The molecular weight excluding hydrogens is 703 g/mol. The van der Waals surface area contributed by atoms with Gasteiger partial charge in [-0.2, -0.15) is 0 Å². The summed E-state index contributed by atoms with van der Waals surface area (Å²) in [6.07, 6.45) is 0. The van der Waals surface area contributed by atoms with Gasteiger partial charge in [0.1, 0.15) is 0 Å². The molecule has 0 aliphatic heterocycles. The van der Waals surface area contributed by atoms with Gasteiger partial charge >= 0.3 is 40.1 Å². The second-order valence-corrected chi connectivity index (χ2v) is 19.1. The number of hydrogen-bond donors (Lipinski definition) is 0. The number of hydrogen-bond acceptors (Lipinski definition) is 0. The zero-order chi connectivity index (χ0) is 31.7. The molecule has 0 heterocycles. The van der Waals surface area contributed by atoms with Crippen molar-refractivity contribution in [1.82, 2.24) is 0 Å². The van der Waals surface area contributed by atoms with E-state index in [0.29, 0.717) is 0 Å². The maximum Gasteiger partial charge on any atom is -0.0259 e. The Balaban J connectivity index is 0.000000188. The summed E-state index contributed by atoms with van der Waals surface area (Å²) in [5, 5.41) is 5.25. The van der Waals surface area contributed by atoms with E-state index in [-0.39, 0.29) is 14.9 Å². The normalized spacial score (nSPS) is 10.0. The van der Waals surface area contributed by atoms with Crippen molar-refractivity contribution in [3.8, 4) is 44.5 Å². The fourth-order valence-corrected chi connectivity index (χ4v) is 5.80. The van der Waals surface area contributed by atoms with Gasteiger partial charge in [0.2, 0.25) is 0 Å². The molecule has 240 valence electrons. The van der Waals surface area contributed by atoms with Gasteiger partial charge in [0.05, 0.1) is 0 Å². The fourth-order valence-electron chi connectivity index (χ4n) is 5.80. The molecule has 0 unspecified atom stereocenters. The molecule has 8 aromatic rings. The molecule has 0 radical (unpaired) electrons. The molecule has 0 aromatic heterocycles. The largest absolute Gasteiger partial charge is 0.358 e. The van der Waals surface area contributed by atoms with Crippen LogP contribution in [0.1, 0.15) is 0 Å². The molecule has 0 nitrogen and oxygen atoms in total. The number of halogens is 2. The third-order valence-electron chi connectivity index (χ3n) is 7.89. The summed E-state index contributed by atoms with van der Waals surface area (Å²) in [5.74, 6) is 0. The number of benzene rings is 6. The van der Waals surface area contributed by atoms with E-state index in [2.05, 4.69) is 186 Å². The van der Waals surface area contributed by atoms with E-state index in [0.717, 1.165) is 0 Å². The molecule has 8 rings (SSSR count). The summed E-state index contributed by atoms with van der Waals surface area (Å²) in [6.45, 7) is 0. The predicted octanol–water partition coefficient (Wildman–Crippen LogP) is 14.0. The van der Waals surface area contributed by atoms with Crippen LogP contribution in [0.25, 0.3) is 66.1 Å². The molecule has 8 aromatic carbocycles. The van der Waals surface area contributed by atoms with Crippen molar-refractivity contribution in [2.45, 2.75) is 0 Å². The van der Waals surface area contributed by atoms with E-state index in [4.69, 9.17) is 17.0 Å². The smallest absolute Gasteiger partial charge is 0.0259 e. The van der Waals surface area contributed by atoms with Crippen molar-refractivity contribution in [3.05, 3.63) is 197 Å². The summed E-state index contributed by atoms with van der Waals surface area (Å²) >= 11 is -1.85. The molecular formula is C45H38Cl2Zr-4. The Morgan fingerprint density at radius 3 is 1.00 bits per heavy atom. The molecule has 0 spiro atoms. The van der Waals surface area contributed by atoms with Crippen LogP contribution < -0.4 is 0 Å². The van der Waals surface area contributed by atoms with Crippen LogP contribution in [0.3, 0.4) is 0 Å². The van der Waals surface area contributed by atoms with Gasteiger partial charge in [-0.25, -0.2) is 0 Å². The van der Waals surface area contributed by atoms with Crippen LogP contribution in [0, 0.1) is 14.9 Å². The summed E-state index contributed by atoms with van der Waals surface area (Å²) in [5.41, 5.74) is 10.3. The Labute approximate surface area is 300 Å². The van der Waals surface area contributed by atoms with Gasteiger partial charge in [-0.05, 0) is 11.1 Å². The van der Waals surface area contributed by atoms with E-state index >= 15 is 0 Å². The Morgan fingerprint density at radius 2 is 0.688 bits per heavy atom. The van der Waals surface area contributed by atoms with Crippen molar-refractivity contribution in [3.63, 3.8) is 0 Å². The first-order valence-electron chi connectivity index (χ1n) is 15.2. The molecule has 0 saturated heterocycles. The fraction of sp³-hybridized carbons (Fsp3) is 0. The second-order valence-electron chi connectivity index (χ2n) is 10.9. The van der Waals surface area contributed by atoms with E-state index in [1.807, 2.05) is 0 Å². The average Bonchev–Trinajstić information content (AvgIpc) is 3.75. The van der Waals surface area contributed by atoms with E-state index in [1.54, 1.807) is 0 Å². The minimum Gasteiger partial charge on any atom is -0.358 e. The van der Waals surface area contributed by atoms with Crippen LogP contribution in [0.15, 0.2) is 182 Å². The molecule has 0 aliphatic carbocycles. The van der Waals surface area contributed by atoms with Crippen molar-refractivity contribution >= 4 is 42.8 Å². The van der Waals surface area contributed by atoms with Crippen LogP contribution in [0.4, 0.5) is 0 Å². The van der Waals surface area contributed by atoms with Crippen molar-refractivity contribution in [2.75, 3.05) is 0 Å². The second kappa shape index (κ2) is 17.9. The van der Waals surface area contributed by atoms with Crippen molar-refractivity contribution in [2.24, 2.45) is 0 Å². The Morgan fingerprint density at radius 1 is 0.396 bits per heavy atom. The van der Waals surface area contributed by atoms with Crippen LogP contribution >= 0.6 is 17.0 Å². The van der Waals surface area contributed by atoms with Gasteiger partial charge in [0.15, 0.2) is 0 Å². The van der Waals surface area contributed by atoms with Gasteiger partial charge in [-0.3, -0.25) is 0 Å². The minimum atomic E-state index is -1.85. The Hall–Kier alpha value is -4.13. The molecule has 3 heteroatoms. The maximum absolute atomic E-state index is 5.13. The standard InChI is InChI=1S/2C21H15.2CH3.CH2.2ClH.Zr/c2*1-3-8-16(9-4-1)19-14-18-12-7-13-20(21(18)15-19)17-10-5-2-6-11-17;;;;;;/h2*1-15H;2*1H3;1H2;2*1H;/q4*-1;;;;+2/p-2. The first-order valence-corrected chi connectivity index (χ1v) is 23.2. The third kappa shape index (κ3) is 9.06.